The smallest absolute Gasteiger partial charge is 0.357 e. The van der Waals surface area contributed by atoms with Gasteiger partial charge in [-0.1, -0.05) is 103 Å². The maximum Gasteiger partial charge on any atom is 2.00 e. The molecular formula is C41H21CuN9O2. The fourth-order valence-electron chi connectivity index (χ4n) is 7.31. The number of benzene rings is 5. The second kappa shape index (κ2) is 11.6. The van der Waals surface area contributed by atoms with Crippen LogP contribution < -0.4 is 9.97 Å². The van der Waals surface area contributed by atoms with Gasteiger partial charge in [0, 0.05) is 44.8 Å². The Kier molecular flexibility index (Phi) is 6.75. The Morgan fingerprint density at radius 2 is 0.792 bits per heavy atom. The van der Waals surface area contributed by atoms with E-state index in [9.17, 15) is 9.59 Å². The summed E-state index contributed by atoms with van der Waals surface area (Å²) in [5.74, 6) is 1.03. The third-order valence-corrected chi connectivity index (χ3v) is 9.74. The van der Waals surface area contributed by atoms with Gasteiger partial charge in [-0.15, -0.1) is 0 Å². The second-order valence-corrected chi connectivity index (χ2v) is 12.7. The van der Waals surface area contributed by atoms with Crippen LogP contribution in [0, 0.1) is 0 Å². The summed E-state index contributed by atoms with van der Waals surface area (Å²) in [6.45, 7) is 0.0194. The third kappa shape index (κ3) is 4.59. The second-order valence-electron chi connectivity index (χ2n) is 12.7. The van der Waals surface area contributed by atoms with Crippen molar-refractivity contribution in [3.05, 3.63) is 132 Å². The molecule has 0 saturated carbocycles. The van der Waals surface area contributed by atoms with Gasteiger partial charge >= 0.3 is 17.1 Å². The third-order valence-electron chi connectivity index (χ3n) is 9.74. The summed E-state index contributed by atoms with van der Waals surface area (Å²) < 4.78 is 0. The van der Waals surface area contributed by atoms with E-state index in [1.54, 1.807) is 24.3 Å². The number of fused-ring (bicyclic) bond motifs is 21. The van der Waals surface area contributed by atoms with Crippen LogP contribution in [0.1, 0.15) is 26.3 Å². The number of amides is 2. The summed E-state index contributed by atoms with van der Waals surface area (Å²) in [5, 5.41) is 3.20. The molecule has 0 N–H and O–H groups in total. The van der Waals surface area contributed by atoms with Crippen LogP contribution in [0.5, 0.6) is 0 Å². The van der Waals surface area contributed by atoms with Crippen molar-refractivity contribution in [1.82, 2.24) is 44.8 Å². The SMILES string of the molecule is O=C1c2ccccc2C(=O)N1Cc1cccc2c1-c1nc-2nc2[n-]c(nc3nc(nc4[n-]c(n1)c1ccccc41)-c1ccccc1-3)c1ccccc21.[Cu+2]. The van der Waals surface area contributed by atoms with Gasteiger partial charge in [0.15, 0.2) is 0 Å². The van der Waals surface area contributed by atoms with E-state index >= 15 is 0 Å². The van der Waals surface area contributed by atoms with Crippen molar-refractivity contribution in [2.45, 2.75) is 6.54 Å². The maximum absolute atomic E-state index is 13.5. The molecule has 0 aliphatic carbocycles. The molecule has 2 amide bonds. The van der Waals surface area contributed by atoms with Crippen molar-refractivity contribution >= 4 is 55.9 Å². The molecule has 0 spiro atoms. The van der Waals surface area contributed by atoms with Gasteiger partial charge in [0.05, 0.1) is 41.0 Å². The Morgan fingerprint density at radius 1 is 0.415 bits per heavy atom. The molecule has 12 heteroatoms. The topological polar surface area (TPSA) is 143 Å². The zero-order valence-corrected chi connectivity index (χ0v) is 28.3. The fourth-order valence-corrected chi connectivity index (χ4v) is 7.31. The molecule has 8 bridgehead atoms. The largest absolute Gasteiger partial charge is 2.00 e. The van der Waals surface area contributed by atoms with E-state index in [0.29, 0.717) is 73.7 Å². The van der Waals surface area contributed by atoms with E-state index in [2.05, 4.69) is 0 Å². The summed E-state index contributed by atoms with van der Waals surface area (Å²) in [4.78, 5) is 68.0. The van der Waals surface area contributed by atoms with E-state index in [1.807, 2.05) is 91.0 Å². The first-order valence-electron chi connectivity index (χ1n) is 16.7. The van der Waals surface area contributed by atoms with Crippen LogP contribution in [0.2, 0.25) is 0 Å². The molecule has 0 fully saturated rings. The van der Waals surface area contributed by atoms with E-state index in [-0.39, 0.29) is 35.4 Å². The van der Waals surface area contributed by atoms with Crippen LogP contribution in [0.4, 0.5) is 0 Å². The Morgan fingerprint density at radius 3 is 1.28 bits per heavy atom. The van der Waals surface area contributed by atoms with Crippen LogP contribution in [-0.4, -0.2) is 46.6 Å². The fraction of sp³-hybridized carbons (Fsp3) is 0.0244. The van der Waals surface area contributed by atoms with Crippen molar-refractivity contribution in [2.75, 3.05) is 0 Å². The van der Waals surface area contributed by atoms with Crippen LogP contribution >= 0.6 is 0 Å². The molecule has 11 nitrogen and oxygen atoms in total. The molecule has 3 aliphatic heterocycles. The Balaban J connectivity index is 0.00000349. The number of hydrogen-bond donors (Lipinski definition) is 0. The summed E-state index contributed by atoms with van der Waals surface area (Å²) >= 11 is 0. The van der Waals surface area contributed by atoms with Crippen molar-refractivity contribution in [3.8, 4) is 45.6 Å². The molecule has 8 aromatic rings. The number of rotatable bonds is 2. The molecule has 3 aliphatic rings. The number of carbonyl (C=O) groups excluding carboxylic acids is 2. The zero-order valence-electron chi connectivity index (χ0n) is 27.3. The minimum Gasteiger partial charge on any atom is -0.357 e. The summed E-state index contributed by atoms with van der Waals surface area (Å²) in [5.41, 5.74) is 6.28. The van der Waals surface area contributed by atoms with Gasteiger partial charge in [0.1, 0.15) is 0 Å². The minimum atomic E-state index is -0.346. The predicted octanol–water partition coefficient (Wildman–Crippen LogP) is 6.92. The van der Waals surface area contributed by atoms with Crippen molar-refractivity contribution in [1.29, 1.82) is 0 Å². The molecule has 5 aromatic carbocycles. The first-order valence-corrected chi connectivity index (χ1v) is 16.7. The average molecular weight is 735 g/mol. The standard InChI is InChI=1S/C41H21N9O2.Cu/c51-40-28-17-7-8-18-29(28)41(52)50(40)20-21-10-9-19-30-31(21)39-48-37-27-16-6-5-15-26(27)35(46-37)44-33-23-12-2-1-11-22(23)32(42-33)43-34-24-13-3-4-14-25(24)36(45-34)47-38(30)49-39;/h1-19H,20H2;/q-2;+2. The first kappa shape index (κ1) is 30.9. The molecule has 0 saturated heterocycles. The quantitative estimate of drug-likeness (QED) is 0.136. The van der Waals surface area contributed by atoms with Crippen molar-refractivity contribution < 1.29 is 26.7 Å². The van der Waals surface area contributed by atoms with Gasteiger partial charge in [0.2, 0.25) is 0 Å². The molecule has 1 radical (unpaired) electrons. The average Bonchev–Trinajstić information content (AvgIpc) is 3.96. The molecule has 6 heterocycles. The predicted molar refractivity (Wildman–Crippen MR) is 195 cm³/mol. The minimum absolute atomic E-state index is 0. The van der Waals surface area contributed by atoms with E-state index in [1.165, 1.54) is 4.90 Å². The number of aromatic nitrogens is 8. The molecular weight excluding hydrogens is 714 g/mol. The Hall–Kier alpha value is -6.88. The van der Waals surface area contributed by atoms with E-state index in [0.717, 1.165) is 32.7 Å². The zero-order chi connectivity index (χ0) is 34.5. The van der Waals surface area contributed by atoms with Crippen LogP contribution in [0.25, 0.3) is 89.7 Å². The van der Waals surface area contributed by atoms with Gasteiger partial charge in [-0.25, -0.2) is 9.97 Å². The molecule has 53 heavy (non-hydrogen) atoms. The Bertz CT molecular complexity index is 3040. The molecule has 253 valence electrons. The number of imide groups is 1. The van der Waals surface area contributed by atoms with Gasteiger partial charge in [0.25, 0.3) is 11.8 Å². The van der Waals surface area contributed by atoms with Crippen molar-refractivity contribution in [3.63, 3.8) is 0 Å². The maximum atomic E-state index is 13.5. The summed E-state index contributed by atoms with van der Waals surface area (Å²) in [6.07, 6.45) is 0. The summed E-state index contributed by atoms with van der Waals surface area (Å²) in [7, 11) is 0. The number of nitrogens with zero attached hydrogens (tertiary/aromatic N) is 9. The monoisotopic (exact) mass is 734 g/mol. The number of hydrogen-bond acceptors (Lipinski definition) is 8. The molecule has 0 unspecified atom stereocenters. The van der Waals surface area contributed by atoms with Gasteiger partial charge in [-0.3, -0.25) is 14.5 Å². The Labute approximate surface area is 310 Å². The summed E-state index contributed by atoms with van der Waals surface area (Å²) in [6, 6.07) is 35.9. The normalized spacial score (nSPS) is 12.9. The van der Waals surface area contributed by atoms with Gasteiger partial charge in [-0.05, 0) is 39.2 Å². The molecule has 3 aromatic heterocycles. The van der Waals surface area contributed by atoms with Crippen LogP contribution in [0.3, 0.4) is 0 Å². The molecule has 11 rings (SSSR count). The van der Waals surface area contributed by atoms with E-state index < -0.39 is 0 Å². The molecule has 0 atom stereocenters. The van der Waals surface area contributed by atoms with Gasteiger partial charge in [-0.2, -0.15) is 0 Å². The first-order chi connectivity index (χ1) is 25.6. The van der Waals surface area contributed by atoms with E-state index in [4.69, 9.17) is 39.9 Å². The van der Waals surface area contributed by atoms with Gasteiger partial charge < -0.3 is 29.9 Å². The van der Waals surface area contributed by atoms with Crippen LogP contribution in [0.15, 0.2) is 115 Å². The van der Waals surface area contributed by atoms with Crippen molar-refractivity contribution in [2.24, 2.45) is 0 Å². The number of carbonyl (C=O) groups is 2. The van der Waals surface area contributed by atoms with Crippen LogP contribution in [-0.2, 0) is 23.6 Å².